The van der Waals surface area contributed by atoms with Gasteiger partial charge < -0.3 is 14.8 Å². The number of aromatic nitrogens is 2. The van der Waals surface area contributed by atoms with Gasteiger partial charge in [0.15, 0.2) is 5.13 Å². The quantitative estimate of drug-likeness (QED) is 0.840. The van der Waals surface area contributed by atoms with Gasteiger partial charge in [0.25, 0.3) is 11.5 Å². The Morgan fingerprint density at radius 2 is 2.32 bits per heavy atom. The van der Waals surface area contributed by atoms with Crippen LogP contribution in [0.4, 0.5) is 5.13 Å². The van der Waals surface area contributed by atoms with Crippen LogP contribution in [0.2, 0.25) is 0 Å². The molecule has 2 aromatic heterocycles. The van der Waals surface area contributed by atoms with Gasteiger partial charge in [0.1, 0.15) is 5.56 Å². The van der Waals surface area contributed by atoms with Gasteiger partial charge in [0, 0.05) is 31.1 Å². The zero-order valence-corrected chi connectivity index (χ0v) is 12.7. The molecule has 22 heavy (non-hydrogen) atoms. The molecule has 0 aromatic carbocycles. The SMILES string of the molecule is Cn1cccc(C(=O)N2CCc3nc(NC=O)sc3C2)c1=O. The minimum absolute atomic E-state index is 0.171. The van der Waals surface area contributed by atoms with E-state index in [1.807, 2.05) is 0 Å². The highest BCUT2D eigenvalue weighted by molar-refractivity contribution is 7.15. The van der Waals surface area contributed by atoms with Gasteiger partial charge in [0.05, 0.1) is 12.2 Å². The largest absolute Gasteiger partial charge is 0.333 e. The number of anilines is 1. The molecule has 1 aliphatic rings. The second-order valence-corrected chi connectivity index (χ2v) is 6.05. The number of carbonyl (C=O) groups excluding carboxylic acids is 2. The zero-order chi connectivity index (χ0) is 15.7. The van der Waals surface area contributed by atoms with Crippen molar-refractivity contribution in [1.82, 2.24) is 14.5 Å². The van der Waals surface area contributed by atoms with Gasteiger partial charge in [-0.3, -0.25) is 14.4 Å². The molecule has 3 heterocycles. The number of nitrogens with zero attached hydrogens (tertiary/aromatic N) is 3. The van der Waals surface area contributed by atoms with Gasteiger partial charge in [-0.25, -0.2) is 4.98 Å². The lowest BCUT2D eigenvalue weighted by atomic mass is 10.1. The van der Waals surface area contributed by atoms with Crippen LogP contribution >= 0.6 is 11.3 Å². The van der Waals surface area contributed by atoms with Crippen molar-refractivity contribution in [3.8, 4) is 0 Å². The van der Waals surface area contributed by atoms with Gasteiger partial charge in [-0.05, 0) is 12.1 Å². The van der Waals surface area contributed by atoms with Crippen molar-refractivity contribution < 1.29 is 9.59 Å². The lowest BCUT2D eigenvalue weighted by Crippen LogP contribution is -2.39. The molecule has 2 amide bonds. The van der Waals surface area contributed by atoms with E-state index in [4.69, 9.17) is 0 Å². The highest BCUT2D eigenvalue weighted by Gasteiger charge is 2.26. The van der Waals surface area contributed by atoms with Crippen LogP contribution in [0.1, 0.15) is 20.9 Å². The van der Waals surface area contributed by atoms with Crippen molar-refractivity contribution in [2.24, 2.45) is 7.05 Å². The Kier molecular flexibility index (Phi) is 3.76. The van der Waals surface area contributed by atoms with E-state index in [1.54, 1.807) is 30.3 Å². The smallest absolute Gasteiger partial charge is 0.263 e. The summed E-state index contributed by atoms with van der Waals surface area (Å²) < 4.78 is 1.39. The van der Waals surface area contributed by atoms with Crippen LogP contribution in [-0.2, 0) is 24.8 Å². The summed E-state index contributed by atoms with van der Waals surface area (Å²) >= 11 is 1.35. The number of hydrogen-bond acceptors (Lipinski definition) is 5. The molecular weight excluding hydrogens is 304 g/mol. The van der Waals surface area contributed by atoms with Gasteiger partial charge in [0.2, 0.25) is 6.41 Å². The van der Waals surface area contributed by atoms with E-state index >= 15 is 0 Å². The lowest BCUT2D eigenvalue weighted by Gasteiger charge is -2.25. The maximum atomic E-state index is 12.5. The van der Waals surface area contributed by atoms with Crippen molar-refractivity contribution in [3.05, 3.63) is 44.8 Å². The summed E-state index contributed by atoms with van der Waals surface area (Å²) in [4.78, 5) is 41.9. The van der Waals surface area contributed by atoms with E-state index in [1.165, 1.54) is 15.9 Å². The molecule has 0 saturated carbocycles. The second kappa shape index (κ2) is 5.72. The van der Waals surface area contributed by atoms with Crippen LogP contribution < -0.4 is 10.9 Å². The number of thiazole rings is 1. The topological polar surface area (TPSA) is 84.3 Å². The molecule has 1 N–H and O–H groups in total. The van der Waals surface area contributed by atoms with Crippen LogP contribution in [0.3, 0.4) is 0 Å². The summed E-state index contributed by atoms with van der Waals surface area (Å²) in [6.45, 7) is 0.915. The molecule has 0 unspecified atom stereocenters. The molecule has 3 rings (SSSR count). The Balaban J connectivity index is 1.84. The summed E-state index contributed by atoms with van der Waals surface area (Å²) in [6.07, 6.45) is 2.82. The summed E-state index contributed by atoms with van der Waals surface area (Å²) in [7, 11) is 1.62. The average Bonchev–Trinajstić information content (AvgIpc) is 2.91. The molecule has 2 aromatic rings. The van der Waals surface area contributed by atoms with Gasteiger partial charge in [-0.15, -0.1) is 0 Å². The fourth-order valence-electron chi connectivity index (χ4n) is 2.41. The summed E-state index contributed by atoms with van der Waals surface area (Å²) in [5, 5.41) is 3.06. The minimum Gasteiger partial charge on any atom is -0.333 e. The van der Waals surface area contributed by atoms with E-state index in [2.05, 4.69) is 10.3 Å². The van der Waals surface area contributed by atoms with Crippen molar-refractivity contribution >= 4 is 28.8 Å². The predicted octanol–water partition coefficient (Wildman–Crippen LogP) is 0.609. The average molecular weight is 318 g/mol. The standard InChI is InChI=1S/C14H14N4O3S/c1-17-5-2-3-9(12(17)20)13(21)18-6-4-10-11(7-18)22-14(16-10)15-8-19/h2-3,5,8H,4,6-7H2,1H3,(H,15,16,19). The van der Waals surface area contributed by atoms with Crippen molar-refractivity contribution in [3.63, 3.8) is 0 Å². The fraction of sp³-hybridized carbons (Fsp3) is 0.286. The Bertz CT molecular complexity index is 796. The van der Waals surface area contributed by atoms with Crippen LogP contribution in [-0.4, -0.2) is 33.3 Å². The molecule has 0 aliphatic carbocycles. The third-order valence-corrected chi connectivity index (χ3v) is 4.57. The van der Waals surface area contributed by atoms with Gasteiger partial charge >= 0.3 is 0 Å². The zero-order valence-electron chi connectivity index (χ0n) is 11.9. The lowest BCUT2D eigenvalue weighted by molar-refractivity contribution is -0.105. The molecule has 0 bridgehead atoms. The number of amides is 2. The highest BCUT2D eigenvalue weighted by Crippen LogP contribution is 2.28. The Morgan fingerprint density at radius 1 is 1.50 bits per heavy atom. The second-order valence-electron chi connectivity index (χ2n) is 4.97. The van der Waals surface area contributed by atoms with E-state index in [0.29, 0.717) is 31.1 Å². The van der Waals surface area contributed by atoms with E-state index in [9.17, 15) is 14.4 Å². The number of rotatable bonds is 3. The number of hydrogen-bond donors (Lipinski definition) is 1. The first-order valence-electron chi connectivity index (χ1n) is 6.74. The van der Waals surface area contributed by atoms with Gasteiger partial charge in [-0.1, -0.05) is 11.3 Å². The summed E-state index contributed by atoms with van der Waals surface area (Å²) in [5.41, 5.74) is 0.773. The monoisotopic (exact) mass is 318 g/mol. The molecule has 0 saturated heterocycles. The molecule has 0 atom stereocenters. The molecule has 1 aliphatic heterocycles. The number of pyridine rings is 1. The number of nitrogens with one attached hydrogen (secondary N) is 1. The maximum Gasteiger partial charge on any atom is 0.263 e. The maximum absolute atomic E-state index is 12.5. The number of fused-ring (bicyclic) bond motifs is 1. The Labute approximate surface area is 130 Å². The van der Waals surface area contributed by atoms with Crippen molar-refractivity contribution in [1.29, 1.82) is 0 Å². The van der Waals surface area contributed by atoms with Crippen LogP contribution in [0.15, 0.2) is 23.1 Å². The van der Waals surface area contributed by atoms with E-state index in [0.717, 1.165) is 10.6 Å². The molecule has 0 radical (unpaired) electrons. The first-order valence-corrected chi connectivity index (χ1v) is 7.55. The number of carbonyl (C=O) groups is 2. The van der Waals surface area contributed by atoms with Crippen LogP contribution in [0, 0.1) is 0 Å². The van der Waals surface area contributed by atoms with E-state index < -0.39 is 0 Å². The molecule has 8 heteroatoms. The molecular formula is C14H14N4O3S. The predicted molar refractivity (Wildman–Crippen MR) is 81.9 cm³/mol. The molecule has 114 valence electrons. The minimum atomic E-state index is -0.300. The first-order chi connectivity index (χ1) is 10.6. The normalized spacial score (nSPS) is 13.6. The Morgan fingerprint density at radius 3 is 3.09 bits per heavy atom. The molecule has 0 spiro atoms. The van der Waals surface area contributed by atoms with Crippen molar-refractivity contribution in [2.45, 2.75) is 13.0 Å². The van der Waals surface area contributed by atoms with Crippen molar-refractivity contribution in [2.75, 3.05) is 11.9 Å². The fourth-order valence-corrected chi connectivity index (χ4v) is 3.39. The van der Waals surface area contributed by atoms with Crippen LogP contribution in [0.25, 0.3) is 0 Å². The van der Waals surface area contributed by atoms with Gasteiger partial charge in [-0.2, -0.15) is 0 Å². The summed E-state index contributed by atoms with van der Waals surface area (Å²) in [6, 6.07) is 3.23. The molecule has 7 nitrogen and oxygen atoms in total. The Hall–Kier alpha value is -2.48. The first kappa shape index (κ1) is 14.5. The third kappa shape index (κ3) is 2.52. The third-order valence-electron chi connectivity index (χ3n) is 3.55. The summed E-state index contributed by atoms with van der Waals surface area (Å²) in [5.74, 6) is -0.273. The van der Waals surface area contributed by atoms with E-state index in [-0.39, 0.29) is 17.0 Å². The van der Waals surface area contributed by atoms with Crippen LogP contribution in [0.5, 0.6) is 0 Å². The highest BCUT2D eigenvalue weighted by atomic mass is 32.1. The molecule has 0 fully saturated rings. The number of aryl methyl sites for hydroxylation is 1.